The molecule has 0 bridgehead atoms. The standard InChI is InChI=1S/C26H26F4N6OS.C7H12FN/c1-14-20(15-5-6-19(27)23-21(15)17(12-31)24(32)38-23)18(26(28,29)30)11-16(22(14)35-13-33-2)25(34-3)36-7-4-9-37-10-8-36;8-6-4-7-2-1-3-9(7)5-6/h5-6,11,32-33,35H,3-4,7-10,13H2,1-2H3;6-7H,1-5H2/b20-15-,25-16+,32-24?;. The molecule has 0 aliphatic carbocycles. The van der Waals surface area contributed by atoms with Crippen LogP contribution in [0.4, 0.5) is 27.6 Å². The van der Waals surface area contributed by atoms with E-state index in [0.29, 0.717) is 56.8 Å². The van der Waals surface area contributed by atoms with E-state index < -0.39 is 23.7 Å². The monoisotopic (exact) mass is 675 g/mol. The zero-order valence-corrected chi connectivity index (χ0v) is 27.2. The van der Waals surface area contributed by atoms with Gasteiger partial charge in [0.2, 0.25) is 0 Å². The lowest BCUT2D eigenvalue weighted by Crippen LogP contribution is -2.32. The zero-order chi connectivity index (χ0) is 33.9. The molecule has 0 radical (unpaired) electrons. The Morgan fingerprint density at radius 2 is 2.00 bits per heavy atom. The summed E-state index contributed by atoms with van der Waals surface area (Å²) >= 11 is 0.725. The fourth-order valence-corrected chi connectivity index (χ4v) is 7.73. The normalized spacial score (nSPS) is 22.6. The summed E-state index contributed by atoms with van der Waals surface area (Å²) in [6.07, 6.45) is -1.30. The minimum Gasteiger partial charge on any atom is -0.380 e. The van der Waals surface area contributed by atoms with Crippen LogP contribution in [0.1, 0.15) is 36.8 Å². The predicted molar refractivity (Wildman–Crippen MR) is 174 cm³/mol. The number of ether oxygens (including phenoxy) is 1. The second kappa shape index (κ2) is 14.7. The molecule has 2 atom stereocenters. The average molecular weight is 676 g/mol. The maximum atomic E-state index is 14.7. The number of hydrogen-bond acceptors (Lipinski definition) is 9. The molecule has 4 aliphatic heterocycles. The molecule has 2 aromatic carbocycles. The molecule has 0 aromatic heterocycles. The van der Waals surface area contributed by atoms with Gasteiger partial charge < -0.3 is 20.3 Å². The lowest BCUT2D eigenvalue weighted by atomic mass is 9.98. The molecule has 4 heterocycles. The van der Waals surface area contributed by atoms with E-state index in [1.165, 1.54) is 18.9 Å². The van der Waals surface area contributed by atoms with Crippen LogP contribution in [0.5, 0.6) is 0 Å². The molecule has 0 amide bonds. The van der Waals surface area contributed by atoms with Gasteiger partial charge in [0.25, 0.3) is 0 Å². The first kappa shape index (κ1) is 34.8. The highest BCUT2D eigenvalue weighted by atomic mass is 32.2. The Labute approximate surface area is 274 Å². The van der Waals surface area contributed by atoms with Gasteiger partial charge in [0, 0.05) is 48.4 Å². The number of alkyl halides is 4. The number of nitriles is 1. The minimum absolute atomic E-state index is 0.000804. The predicted octanol–water partition coefficient (Wildman–Crippen LogP) is 4.47. The zero-order valence-electron chi connectivity index (χ0n) is 26.4. The molecule has 0 saturated carbocycles. The Balaban J connectivity index is 0.000000410. The maximum absolute atomic E-state index is 14.7. The summed E-state index contributed by atoms with van der Waals surface area (Å²) < 4.78 is 77.0. The van der Waals surface area contributed by atoms with E-state index in [-0.39, 0.29) is 48.6 Å². The number of hydrogen-bond donors (Lipinski definition) is 3. The van der Waals surface area contributed by atoms with E-state index in [2.05, 4.69) is 27.2 Å². The minimum atomic E-state index is -4.79. The summed E-state index contributed by atoms with van der Waals surface area (Å²) in [6, 6.07) is 5.83. The molecule has 3 fully saturated rings. The molecular formula is C33H38F5N7OS. The molecule has 6 rings (SSSR count). The van der Waals surface area contributed by atoms with Crippen LogP contribution in [0.3, 0.4) is 0 Å². The van der Waals surface area contributed by atoms with E-state index in [4.69, 9.17) is 10.1 Å². The van der Waals surface area contributed by atoms with Gasteiger partial charge in [-0.05, 0) is 81.1 Å². The van der Waals surface area contributed by atoms with Gasteiger partial charge in [-0.25, -0.2) is 13.8 Å². The number of rotatable bonds is 5. The van der Waals surface area contributed by atoms with Crippen LogP contribution in [-0.4, -0.2) is 86.9 Å². The molecule has 3 saturated heterocycles. The van der Waals surface area contributed by atoms with Gasteiger partial charge in [-0.2, -0.15) is 18.4 Å². The van der Waals surface area contributed by atoms with Crippen molar-refractivity contribution in [2.24, 2.45) is 4.99 Å². The summed E-state index contributed by atoms with van der Waals surface area (Å²) in [7, 11) is 1.69. The first-order chi connectivity index (χ1) is 22.5. The van der Waals surface area contributed by atoms with Gasteiger partial charge in [-0.15, -0.1) is 0 Å². The highest BCUT2D eigenvalue weighted by Gasteiger charge is 2.36. The van der Waals surface area contributed by atoms with Crippen LogP contribution < -0.4 is 21.1 Å². The largest absolute Gasteiger partial charge is 0.417 e. The molecule has 8 nitrogen and oxygen atoms in total. The third-order valence-corrected chi connectivity index (χ3v) is 9.88. The van der Waals surface area contributed by atoms with Crippen LogP contribution in [0, 0.1) is 39.9 Å². The first-order valence-electron chi connectivity index (χ1n) is 15.5. The lowest BCUT2D eigenvalue weighted by molar-refractivity contribution is -0.138. The van der Waals surface area contributed by atoms with Gasteiger partial charge in [-0.3, -0.25) is 10.3 Å². The quantitative estimate of drug-likeness (QED) is 0.245. The molecule has 2 unspecified atom stereocenters. The van der Waals surface area contributed by atoms with Crippen molar-refractivity contribution in [3.8, 4) is 6.07 Å². The molecule has 4 aliphatic rings. The smallest absolute Gasteiger partial charge is 0.380 e. The number of nitrogens with zero attached hydrogens (tertiary/aromatic N) is 4. The van der Waals surface area contributed by atoms with E-state index in [1.807, 2.05) is 11.0 Å². The highest BCUT2D eigenvalue weighted by Crippen LogP contribution is 2.34. The second-order valence-electron chi connectivity index (χ2n) is 11.8. The fraction of sp³-hybridized carbons (Fsp3) is 0.485. The lowest BCUT2D eigenvalue weighted by Gasteiger charge is -2.24. The van der Waals surface area contributed by atoms with Crippen molar-refractivity contribution in [2.45, 2.75) is 55.9 Å². The van der Waals surface area contributed by atoms with Gasteiger partial charge in [0.1, 0.15) is 28.9 Å². The van der Waals surface area contributed by atoms with Gasteiger partial charge in [0.15, 0.2) is 0 Å². The highest BCUT2D eigenvalue weighted by molar-refractivity contribution is 8.15. The summed E-state index contributed by atoms with van der Waals surface area (Å²) in [5, 5.41) is 23.8. The van der Waals surface area contributed by atoms with Crippen molar-refractivity contribution in [3.63, 3.8) is 0 Å². The Morgan fingerprint density at radius 3 is 2.68 bits per heavy atom. The molecule has 252 valence electrons. The Bertz CT molecular complexity index is 1790. The average Bonchev–Trinajstić information content (AvgIpc) is 3.63. The third kappa shape index (κ3) is 7.18. The van der Waals surface area contributed by atoms with Gasteiger partial charge in [-0.1, -0.05) is 17.8 Å². The van der Waals surface area contributed by atoms with Crippen LogP contribution in [-0.2, 0) is 10.9 Å². The van der Waals surface area contributed by atoms with Crippen molar-refractivity contribution >= 4 is 40.6 Å². The molecule has 0 spiro atoms. The molecule has 47 heavy (non-hydrogen) atoms. The molecule has 14 heteroatoms. The number of thioether (sulfide) groups is 1. The fourth-order valence-electron chi connectivity index (χ4n) is 6.80. The van der Waals surface area contributed by atoms with Crippen molar-refractivity contribution in [1.82, 2.24) is 15.1 Å². The van der Waals surface area contributed by atoms with E-state index in [1.54, 1.807) is 14.0 Å². The summed E-state index contributed by atoms with van der Waals surface area (Å²) in [5.41, 5.74) is -0.480. The number of fused-ring (bicyclic) bond motifs is 2. The molecule has 2 aromatic rings. The number of aliphatic imine (C=N–C) groups is 1. The Morgan fingerprint density at radius 1 is 1.21 bits per heavy atom. The number of halogens is 5. The number of anilines is 1. The maximum Gasteiger partial charge on any atom is 0.417 e. The van der Waals surface area contributed by atoms with E-state index >= 15 is 0 Å². The van der Waals surface area contributed by atoms with Crippen molar-refractivity contribution < 1.29 is 26.7 Å². The Hall–Kier alpha value is -3.51. The SMILES string of the molecule is C=N/C(=c1/cc(C(F)(F)F)/c(=c2/ccc(F)c3c2=C(C#N)C(=N)S3)c(C)c1NCNC)N1CCCOCC1.FC1CC2CCCN2C1. The van der Waals surface area contributed by atoms with E-state index in [9.17, 15) is 27.2 Å². The topological polar surface area (TPSA) is 99.8 Å². The Kier molecular flexibility index (Phi) is 10.9. The third-order valence-electron chi connectivity index (χ3n) is 8.87. The number of nitrogens with one attached hydrogen (secondary N) is 3. The summed E-state index contributed by atoms with van der Waals surface area (Å²) in [6.45, 7) is 9.21. The van der Waals surface area contributed by atoms with E-state index in [0.717, 1.165) is 36.9 Å². The first-order valence-corrected chi connectivity index (χ1v) is 16.4. The van der Waals surface area contributed by atoms with Crippen molar-refractivity contribution in [2.75, 3.05) is 58.4 Å². The van der Waals surface area contributed by atoms with Crippen LogP contribution >= 0.6 is 11.8 Å². The van der Waals surface area contributed by atoms with Gasteiger partial charge >= 0.3 is 6.18 Å². The molecular weight excluding hydrogens is 637 g/mol. The van der Waals surface area contributed by atoms with Crippen LogP contribution in [0.25, 0.3) is 11.4 Å². The van der Waals surface area contributed by atoms with Crippen molar-refractivity contribution in [3.05, 3.63) is 56.0 Å². The van der Waals surface area contributed by atoms with Gasteiger partial charge in [0.05, 0.1) is 29.3 Å². The summed E-state index contributed by atoms with van der Waals surface area (Å²) in [4.78, 5) is 8.25. The second-order valence-corrected chi connectivity index (χ2v) is 12.8. The van der Waals surface area contributed by atoms with Crippen LogP contribution in [0.2, 0.25) is 0 Å². The summed E-state index contributed by atoms with van der Waals surface area (Å²) in [5.74, 6) is -0.407. The molecule has 3 N–H and O–H groups in total. The number of benzene rings is 2. The van der Waals surface area contributed by atoms with Crippen molar-refractivity contribution in [1.29, 1.82) is 10.7 Å². The van der Waals surface area contributed by atoms with Crippen LogP contribution in [0.15, 0.2) is 28.1 Å².